The normalized spacial score (nSPS) is 15.6. The SMILES string of the molecule is O=C(OCCCCC(I)CC(F)(F)C(F)(F)C(F)(F)C(F)(F)C(F)(F)C(F)(F)C(F)(F)C(F)(F)F)c1ccccc1. The number of rotatable bonds is 14. The zero-order valence-electron chi connectivity index (χ0n) is 19.6. The van der Waals surface area contributed by atoms with E-state index in [9.17, 15) is 79.4 Å². The molecule has 2 nitrogen and oxygen atoms in total. The van der Waals surface area contributed by atoms with E-state index in [0.717, 1.165) is 22.6 Å². The second-order valence-electron chi connectivity index (χ2n) is 8.45. The topological polar surface area (TPSA) is 26.3 Å². The van der Waals surface area contributed by atoms with Crippen molar-refractivity contribution in [2.75, 3.05) is 6.61 Å². The Hall–Kier alpha value is -1.77. The van der Waals surface area contributed by atoms with E-state index in [4.69, 9.17) is 4.74 Å². The van der Waals surface area contributed by atoms with Crippen molar-refractivity contribution >= 4 is 28.6 Å². The highest BCUT2D eigenvalue weighted by Crippen LogP contribution is 2.64. The van der Waals surface area contributed by atoms with Crippen molar-refractivity contribution < 1.29 is 84.2 Å². The standard InChI is InChI=1S/C21H16F17IO2/c22-14(23,10-12(39)8-4-5-9-41-13(40)11-6-2-1-3-7-11)15(24,25)16(26,27)17(28,29)18(30,31)19(32,33)20(34,35)21(36,37)38/h1-3,6-7,12H,4-5,8-10H2. The molecule has 0 amide bonds. The lowest BCUT2D eigenvalue weighted by molar-refractivity contribution is -0.461. The third-order valence-electron chi connectivity index (χ3n) is 5.42. The molecule has 0 fully saturated rings. The molecule has 0 saturated heterocycles. The average molecular weight is 750 g/mol. The van der Waals surface area contributed by atoms with Crippen LogP contribution in [0.15, 0.2) is 30.3 Å². The Morgan fingerprint density at radius 3 is 1.49 bits per heavy atom. The van der Waals surface area contributed by atoms with E-state index in [1.165, 1.54) is 24.3 Å². The molecule has 41 heavy (non-hydrogen) atoms. The summed E-state index contributed by atoms with van der Waals surface area (Å²) in [7, 11) is 0. The number of alkyl halides is 18. The fourth-order valence-corrected chi connectivity index (χ4v) is 3.99. The van der Waals surface area contributed by atoms with Crippen LogP contribution in [0.25, 0.3) is 0 Å². The van der Waals surface area contributed by atoms with Crippen LogP contribution in [-0.4, -0.2) is 64.1 Å². The van der Waals surface area contributed by atoms with Gasteiger partial charge in [0.2, 0.25) is 0 Å². The first kappa shape index (κ1) is 37.3. The number of benzene rings is 1. The molecule has 238 valence electrons. The van der Waals surface area contributed by atoms with E-state index in [0.29, 0.717) is 0 Å². The molecule has 0 N–H and O–H groups in total. The highest BCUT2D eigenvalue weighted by molar-refractivity contribution is 14.1. The molecule has 1 aromatic rings. The summed E-state index contributed by atoms with van der Waals surface area (Å²) in [5, 5.41) is 0. The first-order valence-corrected chi connectivity index (χ1v) is 12.0. The molecule has 0 aromatic heterocycles. The van der Waals surface area contributed by atoms with E-state index in [2.05, 4.69) is 0 Å². The van der Waals surface area contributed by atoms with Crippen LogP contribution in [0.1, 0.15) is 36.0 Å². The summed E-state index contributed by atoms with van der Waals surface area (Å²) in [5.74, 6) is -57.1. The number of halogens is 18. The molecule has 0 radical (unpaired) electrons. The fraction of sp³-hybridized carbons (Fsp3) is 0.667. The number of unbranched alkanes of at least 4 members (excludes halogenated alkanes) is 1. The monoisotopic (exact) mass is 750 g/mol. The predicted octanol–water partition coefficient (Wildman–Crippen LogP) is 9.22. The minimum atomic E-state index is -8.64. The third-order valence-corrected chi connectivity index (χ3v) is 6.48. The summed E-state index contributed by atoms with van der Waals surface area (Å²) in [4.78, 5) is 11.7. The second-order valence-corrected chi connectivity index (χ2v) is 10.2. The van der Waals surface area contributed by atoms with Gasteiger partial charge in [-0.2, -0.15) is 74.6 Å². The largest absolute Gasteiger partial charge is 0.462 e. The number of esters is 1. The van der Waals surface area contributed by atoms with Gasteiger partial charge in [0, 0.05) is 10.3 Å². The molecule has 0 saturated carbocycles. The lowest BCUT2D eigenvalue weighted by Crippen LogP contribution is -2.74. The average Bonchev–Trinajstić information content (AvgIpc) is 2.82. The Morgan fingerprint density at radius 2 is 1.05 bits per heavy atom. The van der Waals surface area contributed by atoms with E-state index in [1.54, 1.807) is 6.07 Å². The quantitative estimate of drug-likeness (QED) is 0.0624. The molecular weight excluding hydrogens is 734 g/mol. The predicted molar refractivity (Wildman–Crippen MR) is 114 cm³/mol. The van der Waals surface area contributed by atoms with Gasteiger partial charge >= 0.3 is 53.6 Å². The molecule has 1 rings (SSSR count). The van der Waals surface area contributed by atoms with Crippen molar-refractivity contribution in [3.63, 3.8) is 0 Å². The lowest BCUT2D eigenvalue weighted by atomic mass is 9.87. The van der Waals surface area contributed by atoms with Crippen LogP contribution in [0.3, 0.4) is 0 Å². The summed E-state index contributed by atoms with van der Waals surface area (Å²) in [6.07, 6.45) is -11.3. The van der Waals surface area contributed by atoms with Crippen molar-refractivity contribution in [1.29, 1.82) is 0 Å². The zero-order chi connectivity index (χ0) is 32.5. The van der Waals surface area contributed by atoms with Gasteiger partial charge in [-0.25, -0.2) is 4.79 Å². The molecule has 0 bridgehead atoms. The van der Waals surface area contributed by atoms with Crippen LogP contribution in [-0.2, 0) is 4.74 Å². The molecular formula is C21H16F17IO2. The number of ether oxygens (including phenoxy) is 1. The Kier molecular flexibility index (Phi) is 11.0. The summed E-state index contributed by atoms with van der Waals surface area (Å²) in [6, 6.07) is 7.27. The van der Waals surface area contributed by atoms with Crippen molar-refractivity contribution in [3.8, 4) is 0 Å². The van der Waals surface area contributed by atoms with Crippen LogP contribution in [0.5, 0.6) is 0 Å². The Bertz CT molecular complexity index is 1020. The van der Waals surface area contributed by atoms with Gasteiger partial charge in [0.25, 0.3) is 0 Å². The fourth-order valence-electron chi connectivity index (χ4n) is 3.00. The van der Waals surface area contributed by atoms with Crippen molar-refractivity contribution in [3.05, 3.63) is 35.9 Å². The number of hydrogen-bond donors (Lipinski definition) is 0. The van der Waals surface area contributed by atoms with Gasteiger partial charge in [-0.1, -0.05) is 40.8 Å². The van der Waals surface area contributed by atoms with Gasteiger partial charge in [0.15, 0.2) is 0 Å². The Morgan fingerprint density at radius 1 is 0.634 bits per heavy atom. The maximum absolute atomic E-state index is 14.1. The molecule has 1 atom stereocenters. The van der Waals surface area contributed by atoms with Gasteiger partial charge in [-0.05, 0) is 31.4 Å². The molecule has 1 aromatic carbocycles. The van der Waals surface area contributed by atoms with E-state index in [1.807, 2.05) is 0 Å². The smallest absolute Gasteiger partial charge is 0.460 e. The number of carbonyl (C=O) groups is 1. The van der Waals surface area contributed by atoms with Crippen LogP contribution < -0.4 is 0 Å². The molecule has 0 aliphatic heterocycles. The van der Waals surface area contributed by atoms with E-state index in [-0.39, 0.29) is 25.0 Å². The molecule has 0 spiro atoms. The maximum atomic E-state index is 14.1. The van der Waals surface area contributed by atoms with Crippen LogP contribution >= 0.6 is 22.6 Å². The summed E-state index contributed by atoms with van der Waals surface area (Å²) < 4.78 is 229. The zero-order valence-corrected chi connectivity index (χ0v) is 21.8. The van der Waals surface area contributed by atoms with Crippen LogP contribution in [0.4, 0.5) is 74.6 Å². The summed E-state index contributed by atoms with van der Waals surface area (Å²) in [6.45, 7) is -0.361. The molecule has 0 aliphatic carbocycles. The summed E-state index contributed by atoms with van der Waals surface area (Å²) >= 11 is 0.933. The first-order chi connectivity index (χ1) is 18.1. The Labute approximate surface area is 232 Å². The van der Waals surface area contributed by atoms with E-state index < -0.39 is 70.4 Å². The van der Waals surface area contributed by atoms with Crippen LogP contribution in [0.2, 0.25) is 0 Å². The lowest BCUT2D eigenvalue weighted by Gasteiger charge is -2.43. The van der Waals surface area contributed by atoms with Gasteiger partial charge < -0.3 is 4.74 Å². The second kappa shape index (κ2) is 12.1. The van der Waals surface area contributed by atoms with Gasteiger partial charge in [-0.3, -0.25) is 0 Å². The van der Waals surface area contributed by atoms with Gasteiger partial charge in [0.05, 0.1) is 12.2 Å². The Balaban J connectivity index is 3.01. The third kappa shape index (κ3) is 6.75. The number of hydrogen-bond acceptors (Lipinski definition) is 2. The molecule has 0 aliphatic rings. The van der Waals surface area contributed by atoms with Crippen molar-refractivity contribution in [2.45, 2.75) is 77.2 Å². The minimum Gasteiger partial charge on any atom is -0.462 e. The van der Waals surface area contributed by atoms with Crippen molar-refractivity contribution in [1.82, 2.24) is 0 Å². The number of carbonyl (C=O) groups excluding carboxylic acids is 1. The molecule has 0 heterocycles. The minimum absolute atomic E-state index is 0.115. The molecule has 20 heteroatoms. The van der Waals surface area contributed by atoms with Crippen molar-refractivity contribution in [2.24, 2.45) is 0 Å². The summed E-state index contributed by atoms with van der Waals surface area (Å²) in [5.41, 5.74) is 0.115. The maximum Gasteiger partial charge on any atom is 0.460 e. The van der Waals surface area contributed by atoms with Crippen LogP contribution in [0, 0.1) is 0 Å². The van der Waals surface area contributed by atoms with Gasteiger partial charge in [-0.15, -0.1) is 0 Å². The van der Waals surface area contributed by atoms with E-state index >= 15 is 0 Å². The molecule has 1 unspecified atom stereocenters. The first-order valence-electron chi connectivity index (χ1n) is 10.7. The highest BCUT2D eigenvalue weighted by Gasteiger charge is 2.95. The van der Waals surface area contributed by atoms with Gasteiger partial charge in [0.1, 0.15) is 0 Å². The highest BCUT2D eigenvalue weighted by atomic mass is 127.